The van der Waals surface area contributed by atoms with E-state index in [-0.39, 0.29) is 28.9 Å². The summed E-state index contributed by atoms with van der Waals surface area (Å²) in [6.45, 7) is 7.50. The molecular formula is C18H18BrN3O4S2. The van der Waals surface area contributed by atoms with Gasteiger partial charge < -0.3 is 9.73 Å². The summed E-state index contributed by atoms with van der Waals surface area (Å²) in [5, 5.41) is 5.33. The average molecular weight is 484 g/mol. The fraction of sp³-hybridized carbons (Fsp3) is 0.111. The molecule has 1 aromatic heterocycles. The third-order valence-electron chi connectivity index (χ3n) is 3.44. The van der Waals surface area contributed by atoms with E-state index in [1.165, 1.54) is 34.7 Å². The standard InChI is InChI=1S/C18H18BrN3O4S2/c1-3-11-22(12-4-2)28(24,25)14-7-5-13(6-8-14)20-18(27)21-17(23)15-9-10-16(19)26-15/h3-10H,1-2,11-12H2,(H2,20,21,23,27). The van der Waals surface area contributed by atoms with Crippen LogP contribution < -0.4 is 10.6 Å². The van der Waals surface area contributed by atoms with Gasteiger partial charge in [-0.2, -0.15) is 4.31 Å². The first-order valence-corrected chi connectivity index (χ1v) is 10.6. The van der Waals surface area contributed by atoms with E-state index in [1.807, 2.05) is 0 Å². The predicted molar refractivity (Wildman–Crippen MR) is 116 cm³/mol. The molecule has 0 bridgehead atoms. The number of sulfonamides is 1. The van der Waals surface area contributed by atoms with Gasteiger partial charge in [0.2, 0.25) is 10.0 Å². The Morgan fingerprint density at radius 2 is 1.75 bits per heavy atom. The van der Waals surface area contributed by atoms with Crippen LogP contribution in [0.1, 0.15) is 10.6 Å². The van der Waals surface area contributed by atoms with E-state index in [0.717, 1.165) is 0 Å². The number of anilines is 1. The minimum Gasteiger partial charge on any atom is -0.444 e. The number of hydrogen-bond donors (Lipinski definition) is 2. The van der Waals surface area contributed by atoms with Gasteiger partial charge in [0, 0.05) is 18.8 Å². The highest BCUT2D eigenvalue weighted by Crippen LogP contribution is 2.19. The van der Waals surface area contributed by atoms with Crippen LogP contribution >= 0.6 is 28.1 Å². The van der Waals surface area contributed by atoms with Crippen LogP contribution in [0.4, 0.5) is 5.69 Å². The van der Waals surface area contributed by atoms with Crippen molar-refractivity contribution in [1.82, 2.24) is 9.62 Å². The summed E-state index contributed by atoms with van der Waals surface area (Å²) < 4.78 is 32.1. The van der Waals surface area contributed by atoms with Crippen LogP contribution in [-0.4, -0.2) is 36.8 Å². The van der Waals surface area contributed by atoms with Crippen molar-refractivity contribution in [2.75, 3.05) is 18.4 Å². The normalized spacial score (nSPS) is 11.1. The number of nitrogens with zero attached hydrogens (tertiary/aromatic N) is 1. The molecule has 0 saturated heterocycles. The third kappa shape index (κ3) is 5.61. The second-order valence-electron chi connectivity index (χ2n) is 5.44. The molecule has 0 radical (unpaired) electrons. The van der Waals surface area contributed by atoms with Gasteiger partial charge in [-0.05, 0) is 64.5 Å². The second kappa shape index (κ2) is 9.78. The highest BCUT2D eigenvalue weighted by atomic mass is 79.9. The summed E-state index contributed by atoms with van der Waals surface area (Å²) in [4.78, 5) is 12.1. The van der Waals surface area contributed by atoms with E-state index < -0.39 is 15.9 Å². The highest BCUT2D eigenvalue weighted by molar-refractivity contribution is 9.10. The number of carbonyl (C=O) groups is 1. The van der Waals surface area contributed by atoms with Crippen molar-refractivity contribution in [2.24, 2.45) is 0 Å². The molecule has 0 aliphatic rings. The van der Waals surface area contributed by atoms with Crippen LogP contribution in [0.5, 0.6) is 0 Å². The van der Waals surface area contributed by atoms with E-state index in [0.29, 0.717) is 10.4 Å². The molecule has 0 spiro atoms. The monoisotopic (exact) mass is 483 g/mol. The smallest absolute Gasteiger partial charge is 0.293 e. The van der Waals surface area contributed by atoms with Crippen molar-refractivity contribution in [3.05, 3.63) is 72.1 Å². The number of thiocarbonyl (C=S) groups is 1. The maximum Gasteiger partial charge on any atom is 0.293 e. The number of halogens is 1. The van der Waals surface area contributed by atoms with Crippen LogP contribution in [-0.2, 0) is 10.0 Å². The Kier molecular flexibility index (Phi) is 7.69. The molecule has 2 aromatic rings. The van der Waals surface area contributed by atoms with Gasteiger partial charge in [0.05, 0.1) is 4.90 Å². The minimum atomic E-state index is -3.68. The van der Waals surface area contributed by atoms with E-state index in [9.17, 15) is 13.2 Å². The minimum absolute atomic E-state index is 0.0491. The van der Waals surface area contributed by atoms with Crippen molar-refractivity contribution in [3.63, 3.8) is 0 Å². The van der Waals surface area contributed by atoms with E-state index in [4.69, 9.17) is 16.6 Å². The summed E-state index contributed by atoms with van der Waals surface area (Å²) >= 11 is 8.20. The SMILES string of the molecule is C=CCN(CC=C)S(=O)(=O)c1ccc(NC(=S)NC(=O)c2ccc(Br)o2)cc1. The van der Waals surface area contributed by atoms with Crippen LogP contribution in [0, 0.1) is 0 Å². The maximum absolute atomic E-state index is 12.7. The first-order chi connectivity index (χ1) is 13.3. The van der Waals surface area contributed by atoms with Gasteiger partial charge in [-0.15, -0.1) is 13.2 Å². The van der Waals surface area contributed by atoms with Crippen molar-refractivity contribution >= 4 is 54.9 Å². The Morgan fingerprint density at radius 3 is 2.25 bits per heavy atom. The maximum atomic E-state index is 12.7. The molecule has 1 heterocycles. The summed E-state index contributed by atoms with van der Waals surface area (Å²) in [7, 11) is -3.68. The molecule has 1 aromatic carbocycles. The molecule has 0 aliphatic carbocycles. The van der Waals surface area contributed by atoms with Gasteiger partial charge in [0.1, 0.15) is 0 Å². The van der Waals surface area contributed by atoms with Crippen LogP contribution in [0.15, 0.2) is 75.7 Å². The van der Waals surface area contributed by atoms with Crippen molar-refractivity contribution in [1.29, 1.82) is 0 Å². The molecule has 2 N–H and O–H groups in total. The molecule has 7 nitrogen and oxygen atoms in total. The van der Waals surface area contributed by atoms with E-state index in [2.05, 4.69) is 39.7 Å². The van der Waals surface area contributed by atoms with Gasteiger partial charge in [-0.3, -0.25) is 10.1 Å². The predicted octanol–water partition coefficient (Wildman–Crippen LogP) is 3.53. The molecule has 2 rings (SSSR count). The van der Waals surface area contributed by atoms with Crippen LogP contribution in [0.2, 0.25) is 0 Å². The van der Waals surface area contributed by atoms with Gasteiger partial charge in [0.25, 0.3) is 5.91 Å². The molecule has 28 heavy (non-hydrogen) atoms. The topological polar surface area (TPSA) is 91.7 Å². The quantitative estimate of drug-likeness (QED) is 0.440. The number of carbonyl (C=O) groups excluding carboxylic acids is 1. The van der Waals surface area contributed by atoms with Crippen LogP contribution in [0.25, 0.3) is 0 Å². The molecule has 0 unspecified atom stereocenters. The Bertz CT molecular complexity index is 975. The van der Waals surface area contributed by atoms with Gasteiger partial charge in [0.15, 0.2) is 15.5 Å². The third-order valence-corrected chi connectivity index (χ3v) is 5.92. The van der Waals surface area contributed by atoms with E-state index >= 15 is 0 Å². The summed E-state index contributed by atoms with van der Waals surface area (Å²) in [5.74, 6) is -0.408. The van der Waals surface area contributed by atoms with Crippen molar-refractivity contribution < 1.29 is 17.6 Å². The van der Waals surface area contributed by atoms with Crippen LogP contribution in [0.3, 0.4) is 0 Å². The highest BCUT2D eigenvalue weighted by Gasteiger charge is 2.22. The lowest BCUT2D eigenvalue weighted by Crippen LogP contribution is -2.34. The molecule has 1 amide bonds. The van der Waals surface area contributed by atoms with E-state index in [1.54, 1.807) is 18.2 Å². The number of nitrogens with one attached hydrogen (secondary N) is 2. The Labute approximate surface area is 177 Å². The lowest BCUT2D eigenvalue weighted by molar-refractivity contribution is 0.0949. The van der Waals surface area contributed by atoms with Crippen molar-refractivity contribution in [3.8, 4) is 0 Å². The largest absolute Gasteiger partial charge is 0.444 e. The zero-order valence-electron chi connectivity index (χ0n) is 14.7. The summed E-state index contributed by atoms with van der Waals surface area (Å²) in [5.41, 5.74) is 0.517. The average Bonchev–Trinajstić information content (AvgIpc) is 3.08. The molecule has 10 heteroatoms. The number of benzene rings is 1. The van der Waals surface area contributed by atoms with Gasteiger partial charge in [-0.25, -0.2) is 8.42 Å². The van der Waals surface area contributed by atoms with Gasteiger partial charge >= 0.3 is 0 Å². The lowest BCUT2D eigenvalue weighted by Gasteiger charge is -2.19. The lowest BCUT2D eigenvalue weighted by atomic mass is 10.3. The molecule has 0 saturated carbocycles. The Morgan fingerprint density at radius 1 is 1.14 bits per heavy atom. The first-order valence-electron chi connectivity index (χ1n) is 7.97. The zero-order valence-corrected chi connectivity index (χ0v) is 17.9. The molecule has 0 aliphatic heterocycles. The van der Waals surface area contributed by atoms with Crippen molar-refractivity contribution in [2.45, 2.75) is 4.90 Å². The molecule has 148 valence electrons. The molecular weight excluding hydrogens is 466 g/mol. The first kappa shape index (κ1) is 22.0. The Hall–Kier alpha value is -2.27. The molecule has 0 atom stereocenters. The zero-order chi connectivity index (χ0) is 20.7. The Balaban J connectivity index is 2.05. The number of amides is 1. The number of rotatable bonds is 8. The second-order valence-corrected chi connectivity index (χ2v) is 8.56. The fourth-order valence-corrected chi connectivity index (χ4v) is 4.08. The molecule has 0 fully saturated rings. The van der Waals surface area contributed by atoms with Gasteiger partial charge in [-0.1, -0.05) is 12.2 Å². The number of hydrogen-bond acceptors (Lipinski definition) is 5. The summed E-state index contributed by atoms with van der Waals surface area (Å²) in [6, 6.07) is 9.09. The fourth-order valence-electron chi connectivity index (χ4n) is 2.18. The number of furan rings is 1. The summed E-state index contributed by atoms with van der Waals surface area (Å²) in [6.07, 6.45) is 3.02.